The van der Waals surface area contributed by atoms with Crippen molar-refractivity contribution in [2.75, 3.05) is 12.3 Å². The van der Waals surface area contributed by atoms with Crippen LogP contribution in [0.5, 0.6) is 0 Å². The zero-order chi connectivity index (χ0) is 14.8. The molecule has 0 saturated carbocycles. The number of benzene rings is 1. The number of hydrogen-bond donors (Lipinski definition) is 1. The molecule has 0 spiro atoms. The van der Waals surface area contributed by atoms with E-state index in [0.29, 0.717) is 0 Å². The summed E-state index contributed by atoms with van der Waals surface area (Å²) in [4.78, 5) is -0.218. The van der Waals surface area contributed by atoms with Gasteiger partial charge in [-0.1, -0.05) is 12.1 Å². The summed E-state index contributed by atoms with van der Waals surface area (Å²) < 4.78 is 39.8. The topological polar surface area (TPSA) is 63.4 Å². The van der Waals surface area contributed by atoms with Crippen LogP contribution in [-0.2, 0) is 10.0 Å². The number of hydrogen-bond acceptors (Lipinski definition) is 3. The number of rotatable bonds is 4. The van der Waals surface area contributed by atoms with Crippen LogP contribution in [0.1, 0.15) is 20.8 Å². The van der Waals surface area contributed by atoms with E-state index in [1.807, 2.05) is 0 Å². The Bertz CT molecular complexity index is 577. The molecule has 0 aliphatic rings. The van der Waals surface area contributed by atoms with E-state index in [1.54, 1.807) is 20.8 Å². The second-order valence-corrected chi connectivity index (χ2v) is 6.98. The van der Waals surface area contributed by atoms with E-state index >= 15 is 0 Å². The number of nitrogens with zero attached hydrogens (tertiary/aromatic N) is 1. The minimum atomic E-state index is -3.88. The van der Waals surface area contributed by atoms with Crippen molar-refractivity contribution in [2.24, 2.45) is 0 Å². The summed E-state index contributed by atoms with van der Waals surface area (Å²) in [6.07, 6.45) is 1.48. The van der Waals surface area contributed by atoms with Crippen LogP contribution in [0.25, 0.3) is 0 Å². The van der Waals surface area contributed by atoms with Crippen LogP contribution in [0, 0.1) is 5.82 Å². The Labute approximate surface area is 113 Å². The minimum absolute atomic E-state index is 0.127. The first-order valence-corrected chi connectivity index (χ1v) is 7.24. The van der Waals surface area contributed by atoms with Gasteiger partial charge in [-0.25, -0.2) is 12.8 Å². The van der Waals surface area contributed by atoms with E-state index in [2.05, 4.69) is 6.58 Å². The van der Waals surface area contributed by atoms with Crippen molar-refractivity contribution < 1.29 is 12.8 Å². The van der Waals surface area contributed by atoms with Crippen molar-refractivity contribution in [2.45, 2.75) is 31.2 Å². The lowest BCUT2D eigenvalue weighted by atomic mass is 10.1. The molecule has 0 aliphatic heterocycles. The molecule has 106 valence electrons. The number of para-hydroxylation sites is 1. The first kappa shape index (κ1) is 15.7. The molecule has 2 N–H and O–H groups in total. The highest BCUT2D eigenvalue weighted by molar-refractivity contribution is 7.89. The lowest BCUT2D eigenvalue weighted by molar-refractivity contribution is 0.270. The number of nitrogens with two attached hydrogens (primary N) is 1. The summed E-state index contributed by atoms with van der Waals surface area (Å²) >= 11 is 0. The summed E-state index contributed by atoms with van der Waals surface area (Å²) in [6.45, 7) is 8.94. The molecule has 1 aromatic carbocycles. The Morgan fingerprint density at radius 2 is 2.00 bits per heavy atom. The molecular formula is C13H19FN2O2S. The van der Waals surface area contributed by atoms with Crippen molar-refractivity contribution in [1.82, 2.24) is 4.31 Å². The van der Waals surface area contributed by atoms with Gasteiger partial charge in [0.1, 0.15) is 10.7 Å². The lowest BCUT2D eigenvalue weighted by Gasteiger charge is -2.33. The van der Waals surface area contributed by atoms with Crippen LogP contribution in [-0.4, -0.2) is 24.8 Å². The van der Waals surface area contributed by atoms with Gasteiger partial charge in [-0.2, -0.15) is 4.31 Å². The summed E-state index contributed by atoms with van der Waals surface area (Å²) in [7, 11) is -3.88. The molecule has 0 radical (unpaired) electrons. The highest BCUT2D eigenvalue weighted by atomic mass is 32.2. The standard InChI is InChI=1S/C13H19FN2O2S/c1-5-9-16(13(2,3)4)19(17,18)11-8-6-7-10(14)12(11)15/h5-8H,1,9,15H2,2-4H3. The second kappa shape index (κ2) is 5.30. The van der Waals surface area contributed by atoms with Gasteiger partial charge in [0.25, 0.3) is 0 Å². The predicted octanol–water partition coefficient (Wildman–Crippen LogP) is 2.38. The Morgan fingerprint density at radius 1 is 1.42 bits per heavy atom. The van der Waals surface area contributed by atoms with E-state index in [0.717, 1.165) is 6.07 Å². The van der Waals surface area contributed by atoms with Crippen LogP contribution in [0.4, 0.5) is 10.1 Å². The van der Waals surface area contributed by atoms with Crippen LogP contribution in [0.3, 0.4) is 0 Å². The minimum Gasteiger partial charge on any atom is -0.395 e. The van der Waals surface area contributed by atoms with E-state index in [4.69, 9.17) is 5.73 Å². The van der Waals surface area contributed by atoms with Crippen molar-refractivity contribution in [3.63, 3.8) is 0 Å². The third-order valence-corrected chi connectivity index (χ3v) is 4.81. The van der Waals surface area contributed by atoms with Crippen LogP contribution in [0.2, 0.25) is 0 Å². The molecule has 1 aromatic rings. The fraction of sp³-hybridized carbons (Fsp3) is 0.385. The van der Waals surface area contributed by atoms with E-state index in [9.17, 15) is 12.8 Å². The average Bonchev–Trinajstić information content (AvgIpc) is 2.27. The molecule has 0 bridgehead atoms. The molecule has 0 aromatic heterocycles. The van der Waals surface area contributed by atoms with Gasteiger partial charge in [0.05, 0.1) is 5.69 Å². The molecule has 0 atom stereocenters. The maximum atomic E-state index is 13.4. The van der Waals surface area contributed by atoms with Crippen molar-refractivity contribution >= 4 is 15.7 Å². The Balaban J connectivity index is 3.44. The monoisotopic (exact) mass is 286 g/mol. The van der Waals surface area contributed by atoms with Gasteiger partial charge in [-0.05, 0) is 32.9 Å². The highest BCUT2D eigenvalue weighted by Gasteiger charge is 2.34. The lowest BCUT2D eigenvalue weighted by Crippen LogP contribution is -2.45. The molecule has 0 amide bonds. The molecular weight excluding hydrogens is 267 g/mol. The number of nitrogen functional groups attached to an aromatic ring is 1. The molecule has 19 heavy (non-hydrogen) atoms. The summed E-state index contributed by atoms with van der Waals surface area (Å²) in [5, 5.41) is 0. The number of halogens is 1. The van der Waals surface area contributed by atoms with E-state index in [1.165, 1.54) is 22.5 Å². The normalized spacial score (nSPS) is 12.7. The first-order valence-electron chi connectivity index (χ1n) is 5.80. The number of anilines is 1. The zero-order valence-electron chi connectivity index (χ0n) is 11.4. The van der Waals surface area contributed by atoms with Crippen molar-refractivity contribution in [3.8, 4) is 0 Å². The van der Waals surface area contributed by atoms with Gasteiger partial charge in [-0.15, -0.1) is 6.58 Å². The Hall–Kier alpha value is -1.40. The second-order valence-electron chi connectivity index (χ2n) is 5.15. The van der Waals surface area contributed by atoms with Crippen LogP contribution in [0.15, 0.2) is 35.7 Å². The van der Waals surface area contributed by atoms with Gasteiger partial charge in [-0.3, -0.25) is 0 Å². The summed E-state index contributed by atoms with van der Waals surface area (Å²) in [5.74, 6) is -0.742. The van der Waals surface area contributed by atoms with Gasteiger partial charge >= 0.3 is 0 Å². The zero-order valence-corrected chi connectivity index (χ0v) is 12.2. The maximum absolute atomic E-state index is 13.4. The molecule has 0 heterocycles. The molecule has 0 aliphatic carbocycles. The highest BCUT2D eigenvalue weighted by Crippen LogP contribution is 2.29. The largest absolute Gasteiger partial charge is 0.395 e. The van der Waals surface area contributed by atoms with E-state index in [-0.39, 0.29) is 17.1 Å². The molecule has 0 unspecified atom stereocenters. The fourth-order valence-corrected chi connectivity index (χ4v) is 3.60. The van der Waals surface area contributed by atoms with Gasteiger partial charge < -0.3 is 5.73 Å². The van der Waals surface area contributed by atoms with E-state index < -0.39 is 21.4 Å². The third-order valence-electron chi connectivity index (χ3n) is 2.62. The molecule has 4 nitrogen and oxygen atoms in total. The smallest absolute Gasteiger partial charge is 0.245 e. The average molecular weight is 286 g/mol. The van der Waals surface area contributed by atoms with Crippen molar-refractivity contribution in [3.05, 3.63) is 36.7 Å². The van der Waals surface area contributed by atoms with Gasteiger partial charge in [0, 0.05) is 12.1 Å². The maximum Gasteiger partial charge on any atom is 0.245 e. The Morgan fingerprint density at radius 3 is 2.47 bits per heavy atom. The molecule has 1 rings (SSSR count). The van der Waals surface area contributed by atoms with Crippen molar-refractivity contribution in [1.29, 1.82) is 0 Å². The van der Waals surface area contributed by atoms with Gasteiger partial charge in [0.15, 0.2) is 0 Å². The summed E-state index contributed by atoms with van der Waals surface area (Å²) in [5.41, 5.74) is 4.52. The third kappa shape index (κ3) is 3.13. The quantitative estimate of drug-likeness (QED) is 0.683. The Kier molecular flexibility index (Phi) is 4.37. The van der Waals surface area contributed by atoms with Crippen LogP contribution >= 0.6 is 0 Å². The van der Waals surface area contributed by atoms with Gasteiger partial charge in [0.2, 0.25) is 10.0 Å². The summed E-state index contributed by atoms with van der Waals surface area (Å²) in [6, 6.07) is 3.76. The molecule has 0 saturated heterocycles. The van der Waals surface area contributed by atoms with Crippen LogP contribution < -0.4 is 5.73 Å². The number of sulfonamides is 1. The predicted molar refractivity (Wildman–Crippen MR) is 74.7 cm³/mol. The molecule has 6 heteroatoms. The SMILES string of the molecule is C=CCN(C(C)(C)C)S(=O)(=O)c1cccc(F)c1N. The first-order chi connectivity index (χ1) is 8.62. The fourth-order valence-electron chi connectivity index (χ4n) is 1.71. The molecule has 0 fully saturated rings.